The molecule has 3 N–H and O–H groups in total. The van der Waals surface area contributed by atoms with Gasteiger partial charge in [-0.1, -0.05) is 11.6 Å². The van der Waals surface area contributed by atoms with E-state index < -0.39 is 6.09 Å². The Balaban J connectivity index is 1.35. The second-order valence-electron chi connectivity index (χ2n) is 8.78. The van der Waals surface area contributed by atoms with Gasteiger partial charge in [0, 0.05) is 34.1 Å². The molecule has 3 aromatic heterocycles. The van der Waals surface area contributed by atoms with Crippen molar-refractivity contribution in [3.05, 3.63) is 104 Å². The first-order chi connectivity index (χ1) is 18.4. The van der Waals surface area contributed by atoms with Crippen LogP contribution < -0.4 is 16.4 Å². The smallest absolute Gasteiger partial charge is 0.409 e. The number of hydrogen-bond donors (Lipinski definition) is 3. The molecule has 190 valence electrons. The van der Waals surface area contributed by atoms with Crippen LogP contribution in [0.15, 0.2) is 76.6 Å². The van der Waals surface area contributed by atoms with Gasteiger partial charge in [0.2, 0.25) is 0 Å². The van der Waals surface area contributed by atoms with E-state index in [2.05, 4.69) is 25.9 Å². The van der Waals surface area contributed by atoms with Crippen molar-refractivity contribution >= 4 is 23.4 Å². The summed E-state index contributed by atoms with van der Waals surface area (Å²) in [7, 11) is 0. The number of carboxylic acid groups (broad SMARTS) is 1. The summed E-state index contributed by atoms with van der Waals surface area (Å²) in [5, 5.41) is 26.1. The molecule has 0 saturated carbocycles. The van der Waals surface area contributed by atoms with Crippen LogP contribution in [-0.4, -0.2) is 45.8 Å². The number of tetrazole rings is 1. The molecular formula is C25H19ClN8O4. The molecule has 0 fully saturated rings. The van der Waals surface area contributed by atoms with Crippen molar-refractivity contribution in [1.29, 1.82) is 0 Å². The minimum atomic E-state index is -1.17. The molecule has 2 aromatic carbocycles. The molecule has 13 heteroatoms. The van der Waals surface area contributed by atoms with Crippen LogP contribution in [0.5, 0.6) is 0 Å². The van der Waals surface area contributed by atoms with Crippen LogP contribution in [0, 0.1) is 0 Å². The Kier molecular flexibility index (Phi) is 5.65. The van der Waals surface area contributed by atoms with E-state index >= 15 is 0 Å². The Morgan fingerprint density at radius 2 is 1.87 bits per heavy atom. The summed E-state index contributed by atoms with van der Waals surface area (Å²) in [6.07, 6.45) is 1.57. The van der Waals surface area contributed by atoms with E-state index in [1.807, 2.05) is 6.07 Å². The molecular weight excluding hydrogens is 512 g/mol. The van der Waals surface area contributed by atoms with E-state index in [1.54, 1.807) is 53.1 Å². The number of H-pyrrole nitrogens is 1. The van der Waals surface area contributed by atoms with Crippen molar-refractivity contribution in [3.63, 3.8) is 0 Å². The molecule has 0 radical (unpaired) electrons. The predicted molar refractivity (Wildman–Crippen MR) is 138 cm³/mol. The highest BCUT2D eigenvalue weighted by atomic mass is 35.5. The van der Waals surface area contributed by atoms with Gasteiger partial charge in [-0.2, -0.15) is 4.68 Å². The van der Waals surface area contributed by atoms with Gasteiger partial charge in [0.05, 0.1) is 23.1 Å². The lowest BCUT2D eigenvalue weighted by Gasteiger charge is -2.15. The Labute approximate surface area is 218 Å². The molecule has 1 aliphatic heterocycles. The molecule has 12 nitrogen and oxygen atoms in total. The zero-order valence-electron chi connectivity index (χ0n) is 19.6. The number of hydrogen-bond acceptors (Lipinski definition) is 6. The Hall–Kier alpha value is -4.97. The highest BCUT2D eigenvalue weighted by Crippen LogP contribution is 2.34. The highest BCUT2D eigenvalue weighted by Gasteiger charge is 2.28. The minimum absolute atomic E-state index is 0.208. The number of aromatic nitrogens is 7. The fraction of sp³-hybridized carbons (Fsp3) is 0.120. The van der Waals surface area contributed by atoms with Gasteiger partial charge in [0.15, 0.2) is 0 Å². The molecule has 1 atom stereocenters. The van der Waals surface area contributed by atoms with Crippen molar-refractivity contribution in [2.75, 3.05) is 5.32 Å². The number of carbonyl (C=O) groups is 1. The molecule has 4 heterocycles. The van der Waals surface area contributed by atoms with Crippen molar-refractivity contribution in [3.8, 4) is 22.5 Å². The zero-order valence-corrected chi connectivity index (χ0v) is 20.3. The van der Waals surface area contributed by atoms with Gasteiger partial charge >= 0.3 is 6.09 Å². The number of rotatable bonds is 5. The third-order valence-corrected chi connectivity index (χ3v) is 6.71. The normalized spacial score (nSPS) is 14.4. The highest BCUT2D eigenvalue weighted by molar-refractivity contribution is 6.31. The number of aryl methyl sites for hydroxylation is 1. The van der Waals surface area contributed by atoms with Crippen molar-refractivity contribution < 1.29 is 9.90 Å². The average molecular weight is 531 g/mol. The molecule has 5 aromatic rings. The predicted octanol–water partition coefficient (Wildman–Crippen LogP) is 3.25. The topological polar surface area (TPSA) is 153 Å². The Morgan fingerprint density at radius 3 is 2.61 bits per heavy atom. The van der Waals surface area contributed by atoms with Crippen LogP contribution in [0.1, 0.15) is 23.9 Å². The number of nitrogens with zero attached hydrogens (tertiary/aromatic N) is 6. The Morgan fingerprint density at radius 1 is 1.05 bits per heavy atom. The fourth-order valence-electron chi connectivity index (χ4n) is 4.85. The van der Waals surface area contributed by atoms with E-state index in [1.165, 1.54) is 21.8 Å². The summed E-state index contributed by atoms with van der Waals surface area (Å²) in [6.45, 7) is 0. The quantitative estimate of drug-likeness (QED) is 0.315. The largest absolute Gasteiger partial charge is 0.465 e. The van der Waals surface area contributed by atoms with Crippen molar-refractivity contribution in [1.82, 2.24) is 34.6 Å². The van der Waals surface area contributed by atoms with E-state index in [9.17, 15) is 14.4 Å². The molecule has 0 spiro atoms. The number of anilines is 1. The van der Waals surface area contributed by atoms with Crippen molar-refractivity contribution in [2.24, 2.45) is 0 Å². The van der Waals surface area contributed by atoms with Gasteiger partial charge in [-0.05, 0) is 77.4 Å². The van der Waals surface area contributed by atoms with Crippen LogP contribution in [0.25, 0.3) is 22.5 Å². The molecule has 6 rings (SSSR count). The van der Waals surface area contributed by atoms with E-state index in [-0.39, 0.29) is 17.2 Å². The average Bonchev–Trinajstić information content (AvgIpc) is 3.64. The first-order valence-corrected chi connectivity index (χ1v) is 12.0. The number of benzene rings is 2. The summed E-state index contributed by atoms with van der Waals surface area (Å²) in [5.74, 6) is 0. The maximum Gasteiger partial charge on any atom is 0.409 e. The van der Waals surface area contributed by atoms with Gasteiger partial charge in [-0.15, -0.1) is 5.10 Å². The van der Waals surface area contributed by atoms with Crippen LogP contribution in [0.3, 0.4) is 0 Å². The fourth-order valence-corrected chi connectivity index (χ4v) is 5.02. The van der Waals surface area contributed by atoms with Gasteiger partial charge in [-0.25, -0.2) is 9.48 Å². The first-order valence-electron chi connectivity index (χ1n) is 11.6. The lowest BCUT2D eigenvalue weighted by Crippen LogP contribution is -2.23. The van der Waals surface area contributed by atoms with E-state index in [0.717, 1.165) is 5.69 Å². The number of fused-ring (bicyclic) bond motifs is 1. The minimum Gasteiger partial charge on any atom is -0.465 e. The number of amides is 1. The number of nitrogens with one attached hydrogen (secondary N) is 2. The van der Waals surface area contributed by atoms with E-state index in [4.69, 9.17) is 16.7 Å². The third kappa shape index (κ3) is 4.16. The number of pyridine rings is 1. The lowest BCUT2D eigenvalue weighted by atomic mass is 10.0. The summed E-state index contributed by atoms with van der Waals surface area (Å²) in [6, 6.07) is 16.3. The third-order valence-electron chi connectivity index (χ3n) is 6.48. The molecule has 1 amide bonds. The number of aromatic amines is 1. The summed E-state index contributed by atoms with van der Waals surface area (Å²) in [5.41, 5.74) is 3.95. The lowest BCUT2D eigenvalue weighted by molar-refractivity contribution is 0.209. The maximum atomic E-state index is 13.4. The molecule has 38 heavy (non-hydrogen) atoms. The summed E-state index contributed by atoms with van der Waals surface area (Å²) in [4.78, 5) is 37.0. The van der Waals surface area contributed by atoms with Crippen LogP contribution in [-0.2, 0) is 6.42 Å². The molecule has 0 saturated heterocycles. The number of halogens is 1. The monoisotopic (exact) mass is 530 g/mol. The van der Waals surface area contributed by atoms with Crippen LogP contribution in [0.2, 0.25) is 5.02 Å². The molecule has 1 aliphatic rings. The second-order valence-corrected chi connectivity index (χ2v) is 9.21. The Bertz CT molecular complexity index is 1790. The maximum absolute atomic E-state index is 13.4. The zero-order chi connectivity index (χ0) is 26.4. The summed E-state index contributed by atoms with van der Waals surface area (Å²) < 4.78 is 4.57. The van der Waals surface area contributed by atoms with Crippen molar-refractivity contribution in [2.45, 2.75) is 18.9 Å². The van der Waals surface area contributed by atoms with Gasteiger partial charge in [0.1, 0.15) is 6.33 Å². The SMILES string of the molecule is O=C(O)Nc1ccc(-n2[nH]c([C@@H]3CCc4cc(-c5cc(Cl)ccc5-n5cnnn5)cc(=O)n43)cc2=O)cc1. The van der Waals surface area contributed by atoms with Gasteiger partial charge in [0.25, 0.3) is 11.1 Å². The molecule has 0 unspecified atom stereocenters. The second kappa shape index (κ2) is 9.16. The van der Waals surface area contributed by atoms with E-state index in [0.29, 0.717) is 51.7 Å². The van der Waals surface area contributed by atoms with Crippen LogP contribution in [0.4, 0.5) is 10.5 Å². The van der Waals surface area contributed by atoms with Gasteiger partial charge < -0.3 is 9.67 Å². The first kappa shape index (κ1) is 23.4. The molecule has 0 bridgehead atoms. The molecule has 0 aliphatic carbocycles. The van der Waals surface area contributed by atoms with Crippen LogP contribution >= 0.6 is 11.6 Å². The standard InChI is InChI=1S/C25H19ClN8O4/c26-15-1-7-21(32-13-27-30-31-32)19(11-15)14-9-18-6-8-22(33(18)23(35)10-14)20-12-24(36)34(29-20)17-4-2-16(3-5-17)28-25(37)38/h1-5,7,9-13,22,28-29H,6,8H2,(H,37,38)/t22-/m0/s1. The van der Waals surface area contributed by atoms with Gasteiger partial charge in [-0.3, -0.25) is 20.0 Å². The summed E-state index contributed by atoms with van der Waals surface area (Å²) >= 11 is 6.28.